The van der Waals surface area contributed by atoms with Crippen LogP contribution in [-0.4, -0.2) is 14.7 Å². The summed E-state index contributed by atoms with van der Waals surface area (Å²) in [6.07, 6.45) is 0. The van der Waals surface area contributed by atoms with E-state index in [4.69, 9.17) is 0 Å². The quantitative estimate of drug-likeness (QED) is 0.211. The van der Waals surface area contributed by atoms with E-state index in [0.29, 0.717) is 10.9 Å². The average molecular weight is 405 g/mol. The minimum absolute atomic E-state index is 0.150. The van der Waals surface area contributed by atoms with Gasteiger partial charge in [-0.2, -0.15) is 4.68 Å². The van der Waals surface area contributed by atoms with Gasteiger partial charge in [0.2, 0.25) is 0 Å². The predicted octanol–water partition coefficient (Wildman–Crippen LogP) is 5.78. The van der Waals surface area contributed by atoms with Gasteiger partial charge in [-0.15, -0.1) is 0 Å². The van der Waals surface area contributed by atoms with Crippen LogP contribution < -0.4 is 0 Å². The molecule has 0 aliphatic rings. The Hall–Kier alpha value is -4.25. The monoisotopic (exact) mass is 405 g/mol. The van der Waals surface area contributed by atoms with Crippen LogP contribution in [-0.2, 0) is 5.54 Å². The Kier molecular flexibility index (Phi) is 4.56. The molecule has 4 aromatic carbocycles. The number of nitro groups is 1. The van der Waals surface area contributed by atoms with Crippen molar-refractivity contribution in [1.29, 1.82) is 0 Å². The first kappa shape index (κ1) is 18.8. The van der Waals surface area contributed by atoms with Gasteiger partial charge in [0.05, 0.1) is 10.6 Å². The molecule has 0 bridgehead atoms. The molecule has 0 spiro atoms. The standard InChI is InChI=1S/C26H19N3O2/c30-29(31)25-23-18-10-11-19-24(23)28(27-25)26(20-12-4-1-5-13-20,21-14-6-2-7-15-21)22-16-8-3-9-17-22/h1-19H. The second-order valence-corrected chi connectivity index (χ2v) is 7.32. The Bertz CT molecular complexity index is 1250. The third kappa shape index (κ3) is 2.90. The lowest BCUT2D eigenvalue weighted by Crippen LogP contribution is -2.38. The van der Waals surface area contributed by atoms with E-state index in [9.17, 15) is 10.1 Å². The highest BCUT2D eigenvalue weighted by atomic mass is 16.6. The minimum Gasteiger partial charge on any atom is -0.358 e. The van der Waals surface area contributed by atoms with Crippen LogP contribution >= 0.6 is 0 Å². The number of aromatic nitrogens is 2. The van der Waals surface area contributed by atoms with Gasteiger partial charge in [-0.05, 0) is 33.7 Å². The maximum Gasteiger partial charge on any atom is 0.397 e. The Morgan fingerprint density at radius 3 is 1.52 bits per heavy atom. The maximum absolute atomic E-state index is 11.9. The van der Waals surface area contributed by atoms with Crippen molar-refractivity contribution in [2.75, 3.05) is 0 Å². The summed E-state index contributed by atoms with van der Waals surface area (Å²) < 4.78 is 1.81. The van der Waals surface area contributed by atoms with E-state index < -0.39 is 10.5 Å². The predicted molar refractivity (Wildman–Crippen MR) is 121 cm³/mol. The lowest BCUT2D eigenvalue weighted by molar-refractivity contribution is -0.388. The minimum atomic E-state index is -0.891. The molecule has 0 unspecified atom stereocenters. The van der Waals surface area contributed by atoms with E-state index in [1.54, 1.807) is 16.8 Å². The summed E-state index contributed by atoms with van der Waals surface area (Å²) in [5.74, 6) is -0.150. The summed E-state index contributed by atoms with van der Waals surface area (Å²) in [7, 11) is 0. The Labute approximate surface area is 179 Å². The van der Waals surface area contributed by atoms with Gasteiger partial charge in [0.1, 0.15) is 5.39 Å². The molecule has 5 aromatic rings. The van der Waals surface area contributed by atoms with Crippen LogP contribution in [0.5, 0.6) is 0 Å². The highest BCUT2D eigenvalue weighted by Crippen LogP contribution is 2.43. The summed E-state index contributed by atoms with van der Waals surface area (Å²) in [4.78, 5) is 11.5. The SMILES string of the molecule is O=[N+]([O-])c1nn(C(c2ccccc2)(c2ccccc2)c2ccccc2)c2ccccc12. The molecule has 0 amide bonds. The molecule has 5 nitrogen and oxygen atoms in total. The van der Waals surface area contributed by atoms with E-state index in [-0.39, 0.29) is 5.82 Å². The van der Waals surface area contributed by atoms with Crippen molar-refractivity contribution in [3.05, 3.63) is 142 Å². The zero-order chi connectivity index (χ0) is 21.3. The second-order valence-electron chi connectivity index (χ2n) is 7.32. The molecule has 5 rings (SSSR count). The fourth-order valence-corrected chi connectivity index (χ4v) is 4.35. The molecule has 0 radical (unpaired) electrons. The summed E-state index contributed by atoms with van der Waals surface area (Å²) in [5.41, 5.74) is 2.71. The Balaban J connectivity index is 2.00. The van der Waals surface area contributed by atoms with E-state index >= 15 is 0 Å². The van der Waals surface area contributed by atoms with Gasteiger partial charge in [-0.25, -0.2) is 0 Å². The molecule has 0 atom stereocenters. The zero-order valence-electron chi connectivity index (χ0n) is 16.6. The summed E-state index contributed by atoms with van der Waals surface area (Å²) in [5, 5.41) is 17.0. The van der Waals surface area contributed by atoms with Crippen LogP contribution in [0, 0.1) is 10.1 Å². The number of nitrogens with zero attached hydrogens (tertiary/aromatic N) is 3. The molecule has 31 heavy (non-hydrogen) atoms. The van der Waals surface area contributed by atoms with Gasteiger partial charge >= 0.3 is 5.82 Å². The van der Waals surface area contributed by atoms with Crippen LogP contribution in [0.2, 0.25) is 0 Å². The largest absolute Gasteiger partial charge is 0.397 e. The van der Waals surface area contributed by atoms with Crippen LogP contribution in [0.25, 0.3) is 10.9 Å². The molecule has 1 aromatic heterocycles. The molecule has 150 valence electrons. The molecule has 0 saturated heterocycles. The van der Waals surface area contributed by atoms with Gasteiger partial charge in [0.25, 0.3) is 0 Å². The van der Waals surface area contributed by atoms with Gasteiger partial charge < -0.3 is 10.1 Å². The third-order valence-electron chi connectivity index (χ3n) is 5.63. The number of fused-ring (bicyclic) bond motifs is 1. The van der Waals surface area contributed by atoms with Crippen LogP contribution in [0.15, 0.2) is 115 Å². The number of para-hydroxylation sites is 1. The average Bonchev–Trinajstić information content (AvgIpc) is 3.22. The zero-order valence-corrected chi connectivity index (χ0v) is 16.6. The molecular formula is C26H19N3O2. The van der Waals surface area contributed by atoms with Gasteiger partial charge in [-0.3, -0.25) is 0 Å². The lowest BCUT2D eigenvalue weighted by atomic mass is 9.77. The molecule has 0 aliphatic heterocycles. The van der Waals surface area contributed by atoms with Crippen molar-refractivity contribution >= 4 is 16.7 Å². The fraction of sp³-hybridized carbons (Fsp3) is 0.0385. The summed E-state index contributed by atoms with van der Waals surface area (Å²) in [6.45, 7) is 0. The highest BCUT2D eigenvalue weighted by Gasteiger charge is 2.44. The normalized spacial score (nSPS) is 11.5. The molecule has 0 N–H and O–H groups in total. The lowest BCUT2D eigenvalue weighted by Gasteiger charge is -2.34. The van der Waals surface area contributed by atoms with E-state index in [2.05, 4.69) is 5.10 Å². The van der Waals surface area contributed by atoms with Crippen molar-refractivity contribution in [3.8, 4) is 0 Å². The van der Waals surface area contributed by atoms with Crippen molar-refractivity contribution in [2.24, 2.45) is 0 Å². The number of benzene rings is 4. The van der Waals surface area contributed by atoms with Crippen LogP contribution in [0.1, 0.15) is 16.7 Å². The van der Waals surface area contributed by atoms with E-state index in [1.165, 1.54) is 0 Å². The topological polar surface area (TPSA) is 61.0 Å². The fourth-order valence-electron chi connectivity index (χ4n) is 4.35. The molecule has 0 fully saturated rings. The highest BCUT2D eigenvalue weighted by molar-refractivity contribution is 5.88. The van der Waals surface area contributed by atoms with Gasteiger partial charge in [0, 0.05) is 0 Å². The third-order valence-corrected chi connectivity index (χ3v) is 5.63. The molecule has 5 heteroatoms. The first-order chi connectivity index (χ1) is 15.2. The smallest absolute Gasteiger partial charge is 0.358 e. The van der Waals surface area contributed by atoms with Crippen LogP contribution in [0.3, 0.4) is 0 Å². The van der Waals surface area contributed by atoms with Crippen LogP contribution in [0.4, 0.5) is 5.82 Å². The van der Waals surface area contributed by atoms with Crippen molar-refractivity contribution in [3.63, 3.8) is 0 Å². The van der Waals surface area contributed by atoms with Gasteiger partial charge in [0.15, 0.2) is 5.54 Å². The van der Waals surface area contributed by atoms with E-state index in [1.807, 2.05) is 103 Å². The summed E-state index contributed by atoms with van der Waals surface area (Å²) in [6, 6.07) is 37.4. The van der Waals surface area contributed by atoms with Crippen molar-refractivity contribution < 1.29 is 4.92 Å². The van der Waals surface area contributed by atoms with Crippen molar-refractivity contribution in [1.82, 2.24) is 9.78 Å². The van der Waals surface area contributed by atoms with E-state index in [0.717, 1.165) is 16.7 Å². The summed E-state index contributed by atoms with van der Waals surface area (Å²) >= 11 is 0. The molecular weight excluding hydrogens is 386 g/mol. The number of hydrogen-bond donors (Lipinski definition) is 0. The number of rotatable bonds is 5. The second kappa shape index (κ2) is 7.54. The number of hydrogen-bond acceptors (Lipinski definition) is 3. The first-order valence-electron chi connectivity index (χ1n) is 10.0. The molecule has 0 saturated carbocycles. The Morgan fingerprint density at radius 1 is 0.645 bits per heavy atom. The van der Waals surface area contributed by atoms with Crippen molar-refractivity contribution in [2.45, 2.75) is 5.54 Å². The van der Waals surface area contributed by atoms with Gasteiger partial charge in [-0.1, -0.05) is 103 Å². The first-order valence-corrected chi connectivity index (χ1v) is 10.0. The molecule has 0 aliphatic carbocycles. The molecule has 1 heterocycles. The Morgan fingerprint density at radius 2 is 1.06 bits per heavy atom. The maximum atomic E-state index is 11.9.